The number of rotatable bonds is 5. The van der Waals surface area contributed by atoms with Crippen LogP contribution >= 0.6 is 11.8 Å². The number of nitro groups is 1. The molecule has 24 heavy (non-hydrogen) atoms. The Morgan fingerprint density at radius 3 is 2.71 bits per heavy atom. The first-order valence-corrected chi connectivity index (χ1v) is 7.60. The second-order valence-corrected chi connectivity index (χ2v) is 6.07. The van der Waals surface area contributed by atoms with Crippen molar-refractivity contribution in [2.45, 2.75) is 16.8 Å². The Kier molecular flexibility index (Phi) is 5.19. The summed E-state index contributed by atoms with van der Waals surface area (Å²) in [4.78, 5) is 21.1. The number of hydrogen-bond acceptors (Lipinski definition) is 9. The minimum atomic E-state index is -0.508. The van der Waals surface area contributed by atoms with E-state index in [1.165, 1.54) is 30.2 Å². The van der Waals surface area contributed by atoms with Gasteiger partial charge in [-0.1, -0.05) is 16.9 Å². The van der Waals surface area contributed by atoms with Gasteiger partial charge in [0.05, 0.1) is 10.6 Å². The van der Waals surface area contributed by atoms with Gasteiger partial charge in [0.1, 0.15) is 17.0 Å². The molecule has 9 nitrogen and oxygen atoms in total. The van der Waals surface area contributed by atoms with E-state index in [0.29, 0.717) is 27.0 Å². The lowest BCUT2D eigenvalue weighted by atomic mass is 10.1. The lowest BCUT2D eigenvalue weighted by Crippen LogP contribution is -2.14. The van der Waals surface area contributed by atoms with E-state index in [2.05, 4.69) is 15.1 Å². The molecular weight excluding hydrogens is 332 g/mol. The highest BCUT2D eigenvalue weighted by molar-refractivity contribution is 7.99. The summed E-state index contributed by atoms with van der Waals surface area (Å²) in [5, 5.41) is 23.6. The van der Waals surface area contributed by atoms with Crippen molar-refractivity contribution in [3.05, 3.63) is 40.2 Å². The van der Waals surface area contributed by atoms with Crippen molar-refractivity contribution in [1.82, 2.24) is 9.97 Å². The lowest BCUT2D eigenvalue weighted by Gasteiger charge is -2.15. The molecule has 0 atom stereocenters. The van der Waals surface area contributed by atoms with E-state index in [9.17, 15) is 10.1 Å². The number of non-ortho nitro benzene ring substituents is 1. The number of nitrogens with zero attached hydrogens (tertiary/aromatic N) is 5. The van der Waals surface area contributed by atoms with Gasteiger partial charge < -0.3 is 15.8 Å². The minimum absolute atomic E-state index is 0.0954. The molecule has 0 amide bonds. The molecule has 3 N–H and O–H groups in total. The summed E-state index contributed by atoms with van der Waals surface area (Å²) in [5.74, 6) is 0.573. The third-order valence-corrected chi connectivity index (χ3v) is 4.26. The molecule has 0 aliphatic heterocycles. The van der Waals surface area contributed by atoms with Crippen molar-refractivity contribution >= 4 is 34.7 Å². The first-order valence-electron chi connectivity index (χ1n) is 6.78. The molecule has 0 bridgehead atoms. The Hall–Kier alpha value is -2.88. The fraction of sp³-hybridized carbons (Fsp3) is 0.214. The number of oxime groups is 1. The first-order chi connectivity index (χ1) is 11.3. The van der Waals surface area contributed by atoms with Gasteiger partial charge in [-0.3, -0.25) is 10.1 Å². The van der Waals surface area contributed by atoms with E-state index in [1.54, 1.807) is 17.9 Å². The number of nitrogen functional groups attached to an aromatic ring is 1. The van der Waals surface area contributed by atoms with E-state index in [4.69, 9.17) is 10.9 Å². The number of aromatic nitrogens is 2. The molecule has 0 fully saturated rings. The Morgan fingerprint density at radius 2 is 2.12 bits per heavy atom. The van der Waals surface area contributed by atoms with Crippen molar-refractivity contribution < 1.29 is 10.1 Å². The number of hydrogen-bond donors (Lipinski definition) is 2. The van der Waals surface area contributed by atoms with Crippen molar-refractivity contribution in [1.29, 1.82) is 0 Å². The summed E-state index contributed by atoms with van der Waals surface area (Å²) in [5.41, 5.74) is 7.08. The highest BCUT2D eigenvalue weighted by Crippen LogP contribution is 2.36. The molecule has 0 saturated heterocycles. The molecule has 1 aromatic heterocycles. The summed E-state index contributed by atoms with van der Waals surface area (Å²) in [6.07, 6.45) is 1.39. The van der Waals surface area contributed by atoms with Crippen molar-refractivity contribution in [3.8, 4) is 0 Å². The maximum atomic E-state index is 11.0. The van der Waals surface area contributed by atoms with Crippen molar-refractivity contribution in [2.24, 2.45) is 5.16 Å². The first kappa shape index (κ1) is 17.5. The van der Waals surface area contributed by atoms with Crippen LogP contribution in [-0.2, 0) is 0 Å². The summed E-state index contributed by atoms with van der Waals surface area (Å²) in [6, 6.07) is 4.30. The molecule has 0 unspecified atom stereocenters. The second kappa shape index (κ2) is 7.13. The van der Waals surface area contributed by atoms with Crippen molar-refractivity contribution in [3.63, 3.8) is 0 Å². The third-order valence-electron chi connectivity index (χ3n) is 3.17. The van der Waals surface area contributed by atoms with Crippen molar-refractivity contribution in [2.75, 3.05) is 24.7 Å². The van der Waals surface area contributed by atoms with Crippen LogP contribution in [-0.4, -0.2) is 39.9 Å². The largest absolute Gasteiger partial charge is 0.411 e. The maximum Gasteiger partial charge on any atom is 0.270 e. The predicted molar refractivity (Wildman–Crippen MR) is 92.0 cm³/mol. The van der Waals surface area contributed by atoms with Crippen LogP contribution < -0.4 is 10.6 Å². The van der Waals surface area contributed by atoms with Crippen LogP contribution in [0, 0.1) is 10.1 Å². The quantitative estimate of drug-likeness (QED) is 0.277. The Morgan fingerprint density at radius 1 is 1.42 bits per heavy atom. The van der Waals surface area contributed by atoms with Gasteiger partial charge in [0, 0.05) is 36.7 Å². The van der Waals surface area contributed by atoms with Gasteiger partial charge in [-0.15, -0.1) is 0 Å². The minimum Gasteiger partial charge on any atom is -0.411 e. The van der Waals surface area contributed by atoms with Gasteiger partial charge >= 0.3 is 0 Å². The lowest BCUT2D eigenvalue weighted by molar-refractivity contribution is -0.384. The van der Waals surface area contributed by atoms with Crippen LogP contribution in [0.1, 0.15) is 12.5 Å². The van der Waals surface area contributed by atoms with E-state index in [0.717, 1.165) is 0 Å². The highest BCUT2D eigenvalue weighted by atomic mass is 32.2. The summed E-state index contributed by atoms with van der Waals surface area (Å²) in [7, 11) is 3.63. The number of nitro benzene ring substituents is 1. The maximum absolute atomic E-state index is 11.0. The van der Waals surface area contributed by atoms with E-state index in [-0.39, 0.29) is 11.4 Å². The summed E-state index contributed by atoms with van der Waals surface area (Å²) >= 11 is 1.22. The molecule has 1 heterocycles. The molecule has 0 radical (unpaired) electrons. The van der Waals surface area contributed by atoms with E-state index < -0.39 is 4.92 Å². The highest BCUT2D eigenvalue weighted by Gasteiger charge is 2.17. The molecule has 0 aliphatic carbocycles. The molecule has 0 spiro atoms. The average molecular weight is 348 g/mol. The summed E-state index contributed by atoms with van der Waals surface area (Å²) in [6.45, 7) is 1.55. The zero-order valence-electron chi connectivity index (χ0n) is 13.3. The van der Waals surface area contributed by atoms with E-state index >= 15 is 0 Å². The zero-order chi connectivity index (χ0) is 17.9. The standard InChI is InChI=1S/C14H16N6O3S/c1-8(18-21)10-6-9(20(22)23)4-5-11(10)24-14-12(15)13(19(2)3)16-7-17-14/h4-7,21H,15H2,1-3H3. The Balaban J connectivity index is 2.50. The molecule has 126 valence electrons. The normalized spacial score (nSPS) is 11.4. The Labute approximate surface area is 142 Å². The molecule has 0 aliphatic rings. The van der Waals surface area contributed by atoms with Crippen LogP contribution in [0.25, 0.3) is 0 Å². The predicted octanol–water partition coefficient (Wildman–Crippen LogP) is 2.38. The Bertz CT molecular complexity index is 809. The molecule has 2 aromatic rings. The fourth-order valence-corrected chi connectivity index (χ4v) is 2.93. The number of benzene rings is 1. The van der Waals surface area contributed by atoms with Gasteiger partial charge in [0.25, 0.3) is 5.69 Å². The SMILES string of the molecule is CC(=NO)c1cc([N+](=O)[O-])ccc1Sc1ncnc(N(C)C)c1N. The smallest absolute Gasteiger partial charge is 0.270 e. The molecule has 1 aromatic carbocycles. The van der Waals surface area contributed by atoms with Gasteiger partial charge in [-0.25, -0.2) is 9.97 Å². The van der Waals surface area contributed by atoms with Gasteiger partial charge in [0.2, 0.25) is 0 Å². The number of anilines is 2. The third kappa shape index (κ3) is 3.54. The van der Waals surface area contributed by atoms with Crippen LogP contribution in [0.2, 0.25) is 0 Å². The topological polar surface area (TPSA) is 131 Å². The van der Waals surface area contributed by atoms with Gasteiger partial charge in [0.15, 0.2) is 5.82 Å². The van der Waals surface area contributed by atoms with E-state index in [1.807, 2.05) is 14.1 Å². The molecular formula is C14H16N6O3S. The second-order valence-electron chi connectivity index (χ2n) is 5.04. The van der Waals surface area contributed by atoms with Crippen LogP contribution in [0.4, 0.5) is 17.2 Å². The zero-order valence-corrected chi connectivity index (χ0v) is 14.1. The summed E-state index contributed by atoms with van der Waals surface area (Å²) < 4.78 is 0. The van der Waals surface area contributed by atoms with Gasteiger partial charge in [-0.05, 0) is 13.0 Å². The van der Waals surface area contributed by atoms with Crippen LogP contribution in [0.15, 0.2) is 39.6 Å². The van der Waals surface area contributed by atoms with Crippen LogP contribution in [0.5, 0.6) is 0 Å². The average Bonchev–Trinajstić information content (AvgIpc) is 2.55. The van der Waals surface area contributed by atoms with Gasteiger partial charge in [-0.2, -0.15) is 0 Å². The molecule has 2 rings (SSSR count). The monoisotopic (exact) mass is 348 g/mol. The van der Waals surface area contributed by atoms with Crippen LogP contribution in [0.3, 0.4) is 0 Å². The fourth-order valence-electron chi connectivity index (χ4n) is 1.97. The number of nitrogens with two attached hydrogens (primary N) is 1. The molecule has 0 saturated carbocycles. The molecule has 10 heteroatoms.